The Kier molecular flexibility index (Phi) is 4.63. The first-order chi connectivity index (χ1) is 9.91. The molecular formula is C18H21NOS. The summed E-state index contributed by atoms with van der Waals surface area (Å²) >= 11 is 4.92. The topological polar surface area (TPSA) is 35.2 Å². The number of ether oxygens (including phenoxy) is 1. The van der Waals surface area contributed by atoms with E-state index in [9.17, 15) is 0 Å². The van der Waals surface area contributed by atoms with Crippen molar-refractivity contribution in [3.8, 4) is 5.75 Å². The maximum absolute atomic E-state index is 5.68. The first-order valence-electron chi connectivity index (χ1n) is 7.03. The third kappa shape index (κ3) is 3.61. The summed E-state index contributed by atoms with van der Waals surface area (Å²) in [4.78, 5) is 0.365. The predicted molar refractivity (Wildman–Crippen MR) is 91.9 cm³/mol. The van der Waals surface area contributed by atoms with E-state index in [0.717, 1.165) is 5.75 Å². The lowest BCUT2D eigenvalue weighted by Gasteiger charge is -2.26. The molecule has 1 atom stereocenters. The van der Waals surface area contributed by atoms with Gasteiger partial charge in [0.25, 0.3) is 0 Å². The minimum Gasteiger partial charge on any atom is -0.484 e. The van der Waals surface area contributed by atoms with E-state index >= 15 is 0 Å². The van der Waals surface area contributed by atoms with Crippen molar-refractivity contribution in [2.75, 3.05) is 0 Å². The Morgan fingerprint density at radius 2 is 1.52 bits per heavy atom. The minimum absolute atomic E-state index is 0.0470. The second kappa shape index (κ2) is 6.27. The van der Waals surface area contributed by atoms with E-state index in [2.05, 4.69) is 50.2 Å². The minimum atomic E-state index is -0.256. The number of thiocarbonyl (C=S) groups is 1. The van der Waals surface area contributed by atoms with E-state index in [4.69, 9.17) is 22.7 Å². The fourth-order valence-electron chi connectivity index (χ4n) is 2.23. The van der Waals surface area contributed by atoms with Crippen molar-refractivity contribution in [3.63, 3.8) is 0 Å². The van der Waals surface area contributed by atoms with Crippen molar-refractivity contribution in [1.29, 1.82) is 0 Å². The smallest absolute Gasteiger partial charge is 0.145 e. The van der Waals surface area contributed by atoms with Gasteiger partial charge in [0, 0.05) is 5.41 Å². The molecule has 0 aromatic heterocycles. The van der Waals surface area contributed by atoms with Crippen LogP contribution in [-0.4, -0.2) is 11.1 Å². The summed E-state index contributed by atoms with van der Waals surface area (Å²) < 4.78 is 5.68. The van der Waals surface area contributed by atoms with E-state index in [0.29, 0.717) is 4.99 Å². The molecule has 0 heterocycles. The standard InChI is InChI=1S/C18H21NOS/c1-13(17(19)21)20-16-11-9-15(10-12-16)18(2,3)14-7-5-4-6-8-14/h4-13H,1-3H3,(H2,19,21). The van der Waals surface area contributed by atoms with Crippen LogP contribution in [0.3, 0.4) is 0 Å². The maximum Gasteiger partial charge on any atom is 0.145 e. The fourth-order valence-corrected chi connectivity index (χ4v) is 2.28. The molecule has 2 rings (SSSR count). The highest BCUT2D eigenvalue weighted by atomic mass is 32.1. The van der Waals surface area contributed by atoms with E-state index in [-0.39, 0.29) is 11.5 Å². The average Bonchev–Trinajstić information content (AvgIpc) is 2.48. The van der Waals surface area contributed by atoms with E-state index in [1.807, 2.05) is 25.1 Å². The molecular weight excluding hydrogens is 278 g/mol. The third-order valence-corrected chi connectivity index (χ3v) is 4.12. The average molecular weight is 299 g/mol. The number of nitrogens with two attached hydrogens (primary N) is 1. The number of benzene rings is 2. The van der Waals surface area contributed by atoms with Gasteiger partial charge < -0.3 is 10.5 Å². The van der Waals surface area contributed by atoms with Gasteiger partial charge in [-0.2, -0.15) is 0 Å². The molecule has 21 heavy (non-hydrogen) atoms. The zero-order valence-corrected chi connectivity index (χ0v) is 13.5. The van der Waals surface area contributed by atoms with Crippen LogP contribution in [0.4, 0.5) is 0 Å². The second-order valence-electron chi connectivity index (χ2n) is 5.68. The van der Waals surface area contributed by atoms with Gasteiger partial charge in [-0.1, -0.05) is 68.5 Å². The first-order valence-corrected chi connectivity index (χ1v) is 7.44. The van der Waals surface area contributed by atoms with Crippen molar-refractivity contribution in [2.45, 2.75) is 32.3 Å². The Morgan fingerprint density at radius 1 is 1.00 bits per heavy atom. The van der Waals surface area contributed by atoms with Gasteiger partial charge in [0.2, 0.25) is 0 Å². The van der Waals surface area contributed by atoms with Gasteiger partial charge >= 0.3 is 0 Å². The highest BCUT2D eigenvalue weighted by molar-refractivity contribution is 7.80. The van der Waals surface area contributed by atoms with Gasteiger partial charge in [-0.15, -0.1) is 0 Å². The molecule has 0 aliphatic rings. The second-order valence-corrected chi connectivity index (χ2v) is 6.15. The van der Waals surface area contributed by atoms with Crippen molar-refractivity contribution < 1.29 is 4.74 Å². The molecule has 2 aromatic carbocycles. The van der Waals surface area contributed by atoms with Crippen LogP contribution in [-0.2, 0) is 5.41 Å². The maximum atomic E-state index is 5.68. The summed E-state index contributed by atoms with van der Waals surface area (Å²) in [6.07, 6.45) is -0.256. The summed E-state index contributed by atoms with van der Waals surface area (Å²) in [5.41, 5.74) is 8.05. The van der Waals surface area contributed by atoms with Gasteiger partial charge in [0.1, 0.15) is 16.8 Å². The molecule has 1 unspecified atom stereocenters. The highest BCUT2D eigenvalue weighted by Crippen LogP contribution is 2.32. The first kappa shape index (κ1) is 15.5. The van der Waals surface area contributed by atoms with Crippen molar-refractivity contribution in [2.24, 2.45) is 5.73 Å². The third-order valence-electron chi connectivity index (χ3n) is 3.79. The molecule has 0 radical (unpaired) electrons. The molecule has 0 aliphatic carbocycles. The van der Waals surface area contributed by atoms with E-state index in [1.54, 1.807) is 0 Å². The largest absolute Gasteiger partial charge is 0.484 e. The summed E-state index contributed by atoms with van der Waals surface area (Å²) in [5, 5.41) is 0. The lowest BCUT2D eigenvalue weighted by Crippen LogP contribution is -2.28. The Hall–Kier alpha value is -1.87. The Balaban J connectivity index is 2.21. The lowest BCUT2D eigenvalue weighted by molar-refractivity contribution is 0.288. The zero-order chi connectivity index (χ0) is 15.5. The Labute approximate surface area is 131 Å². The molecule has 110 valence electrons. The molecule has 0 spiro atoms. The van der Waals surface area contributed by atoms with E-state index in [1.165, 1.54) is 11.1 Å². The van der Waals surface area contributed by atoms with Gasteiger partial charge in [-0.3, -0.25) is 0 Å². The molecule has 0 bridgehead atoms. The number of rotatable bonds is 5. The molecule has 3 heteroatoms. The quantitative estimate of drug-likeness (QED) is 0.845. The number of hydrogen-bond donors (Lipinski definition) is 1. The summed E-state index contributed by atoms with van der Waals surface area (Å²) in [5.74, 6) is 0.780. The molecule has 0 fully saturated rings. The number of hydrogen-bond acceptors (Lipinski definition) is 2. The molecule has 2 aromatic rings. The van der Waals surface area contributed by atoms with Crippen molar-refractivity contribution in [3.05, 3.63) is 65.7 Å². The fraction of sp³-hybridized carbons (Fsp3) is 0.278. The summed E-state index contributed by atoms with van der Waals surface area (Å²) in [6, 6.07) is 18.6. The molecule has 0 amide bonds. The van der Waals surface area contributed by atoms with Crippen molar-refractivity contribution >= 4 is 17.2 Å². The lowest BCUT2D eigenvalue weighted by atomic mass is 9.78. The van der Waals surface area contributed by atoms with Crippen LogP contribution in [0.5, 0.6) is 5.75 Å². The monoisotopic (exact) mass is 299 g/mol. The van der Waals surface area contributed by atoms with Gasteiger partial charge in [-0.25, -0.2) is 0 Å². The van der Waals surface area contributed by atoms with Crippen LogP contribution in [0.15, 0.2) is 54.6 Å². The molecule has 0 aliphatic heterocycles. The van der Waals surface area contributed by atoms with Crippen LogP contribution >= 0.6 is 12.2 Å². The molecule has 0 saturated carbocycles. The normalized spacial score (nSPS) is 12.7. The van der Waals surface area contributed by atoms with Crippen LogP contribution in [0.25, 0.3) is 0 Å². The zero-order valence-electron chi connectivity index (χ0n) is 12.7. The highest BCUT2D eigenvalue weighted by Gasteiger charge is 2.22. The SMILES string of the molecule is CC(Oc1ccc(C(C)(C)c2ccccc2)cc1)C(N)=S. The predicted octanol–water partition coefficient (Wildman–Crippen LogP) is 4.07. The van der Waals surface area contributed by atoms with Crippen LogP contribution in [0.2, 0.25) is 0 Å². The van der Waals surface area contributed by atoms with Crippen molar-refractivity contribution in [1.82, 2.24) is 0 Å². The van der Waals surface area contributed by atoms with Gasteiger partial charge in [-0.05, 0) is 30.2 Å². The summed E-state index contributed by atoms with van der Waals surface area (Å²) in [6.45, 7) is 6.29. The Bertz CT molecular complexity index is 605. The Morgan fingerprint density at radius 3 is 2.05 bits per heavy atom. The van der Waals surface area contributed by atoms with Gasteiger partial charge in [0.15, 0.2) is 0 Å². The molecule has 2 N–H and O–H groups in total. The van der Waals surface area contributed by atoms with Crippen LogP contribution < -0.4 is 10.5 Å². The summed E-state index contributed by atoms with van der Waals surface area (Å²) in [7, 11) is 0. The van der Waals surface area contributed by atoms with Gasteiger partial charge in [0.05, 0.1) is 0 Å². The van der Waals surface area contributed by atoms with Crippen LogP contribution in [0.1, 0.15) is 31.9 Å². The molecule has 2 nitrogen and oxygen atoms in total. The van der Waals surface area contributed by atoms with Crippen LogP contribution in [0, 0.1) is 0 Å². The molecule has 0 saturated heterocycles. The van der Waals surface area contributed by atoms with E-state index < -0.39 is 0 Å².